The molecule has 1 N–H and O–H groups in total. The molecule has 95 valence electrons. The number of carbonyl (C=O) groups is 1. The fraction of sp³-hybridized carbons (Fsp3) is 0.846. The van der Waals surface area contributed by atoms with E-state index in [9.17, 15) is 4.79 Å². The molecule has 0 aromatic carbocycles. The zero-order valence-corrected chi connectivity index (χ0v) is 10.6. The Kier molecular flexibility index (Phi) is 11.8. The lowest BCUT2D eigenvalue weighted by Crippen LogP contribution is -2.25. The summed E-state index contributed by atoms with van der Waals surface area (Å²) in [7, 11) is 0. The summed E-state index contributed by atoms with van der Waals surface area (Å²) in [6.45, 7) is 6.81. The van der Waals surface area contributed by atoms with E-state index in [0.29, 0.717) is 6.61 Å². The number of rotatable bonds is 10. The van der Waals surface area contributed by atoms with Crippen molar-refractivity contribution in [3.8, 4) is 0 Å². The van der Waals surface area contributed by atoms with E-state index in [4.69, 9.17) is 4.74 Å². The predicted octanol–water partition coefficient (Wildman–Crippen LogP) is 3.69. The molecule has 0 atom stereocenters. The maximum absolute atomic E-state index is 10.9. The molecule has 0 saturated heterocycles. The molecule has 0 bridgehead atoms. The monoisotopic (exact) mass is 228 g/mol. The lowest BCUT2D eigenvalue weighted by molar-refractivity contribution is 0.152. The minimum atomic E-state index is -0.294. The van der Waals surface area contributed by atoms with Crippen molar-refractivity contribution in [2.24, 2.45) is 0 Å². The zero-order valence-electron chi connectivity index (χ0n) is 10.6. The van der Waals surface area contributed by atoms with E-state index < -0.39 is 0 Å². The second kappa shape index (κ2) is 12.3. The summed E-state index contributed by atoms with van der Waals surface area (Å²) in [6.07, 6.45) is 9.46. The Hall–Kier alpha value is -0.730. The number of hydrogen-bond donors (Lipinski definition) is 1. The molecule has 3 heteroatoms. The normalized spacial score (nSPS) is 10.1. The summed E-state index contributed by atoms with van der Waals surface area (Å²) in [5.74, 6) is 0. The van der Waals surface area contributed by atoms with Crippen molar-refractivity contribution in [2.75, 3.05) is 13.2 Å². The highest BCUT2D eigenvalue weighted by molar-refractivity contribution is 5.66. The molecule has 1 amide bonds. The highest BCUT2D eigenvalue weighted by atomic mass is 16.5. The summed E-state index contributed by atoms with van der Waals surface area (Å²) in [5, 5.41) is 2.73. The number of hydrogen-bond acceptors (Lipinski definition) is 2. The third-order valence-corrected chi connectivity index (χ3v) is 2.47. The summed E-state index contributed by atoms with van der Waals surface area (Å²) in [5.41, 5.74) is 0. The first kappa shape index (κ1) is 15.3. The summed E-state index contributed by atoms with van der Waals surface area (Å²) in [4.78, 5) is 10.9. The minimum absolute atomic E-state index is 0.294. The van der Waals surface area contributed by atoms with Crippen LogP contribution in [0.1, 0.15) is 58.3 Å². The van der Waals surface area contributed by atoms with Gasteiger partial charge in [0, 0.05) is 6.54 Å². The zero-order chi connectivity index (χ0) is 12.1. The fourth-order valence-corrected chi connectivity index (χ4v) is 1.56. The average Bonchev–Trinajstić information content (AvgIpc) is 2.27. The van der Waals surface area contributed by atoms with E-state index in [1.807, 2.05) is 6.92 Å². The van der Waals surface area contributed by atoms with E-state index in [0.717, 1.165) is 19.4 Å². The van der Waals surface area contributed by atoms with Gasteiger partial charge in [-0.05, 0) is 13.3 Å². The maximum Gasteiger partial charge on any atom is 0.407 e. The van der Waals surface area contributed by atoms with E-state index in [1.54, 1.807) is 0 Å². The third kappa shape index (κ3) is 11.3. The van der Waals surface area contributed by atoms with Crippen molar-refractivity contribution in [1.29, 1.82) is 0 Å². The molecule has 0 aromatic heterocycles. The van der Waals surface area contributed by atoms with E-state index >= 15 is 0 Å². The Bertz CT molecular complexity index is 160. The van der Waals surface area contributed by atoms with Gasteiger partial charge in [0.1, 0.15) is 0 Å². The van der Waals surface area contributed by atoms with Gasteiger partial charge in [-0.1, -0.05) is 51.9 Å². The van der Waals surface area contributed by atoms with Crippen LogP contribution in [0.5, 0.6) is 0 Å². The molecule has 0 spiro atoms. The van der Waals surface area contributed by atoms with Crippen molar-refractivity contribution < 1.29 is 9.53 Å². The molecule has 0 aromatic rings. The molecule has 0 aliphatic rings. The number of alkyl carbamates (subject to hydrolysis) is 1. The van der Waals surface area contributed by atoms with Crippen LogP contribution in [0.2, 0.25) is 0 Å². The fourth-order valence-electron chi connectivity index (χ4n) is 1.56. The van der Waals surface area contributed by atoms with Crippen LogP contribution in [-0.2, 0) is 4.74 Å². The summed E-state index contributed by atoms with van der Waals surface area (Å²) >= 11 is 0. The Labute approximate surface area is 99.9 Å². The maximum atomic E-state index is 10.9. The lowest BCUT2D eigenvalue weighted by Gasteiger charge is -2.04. The van der Waals surface area contributed by atoms with Crippen LogP contribution in [0.3, 0.4) is 0 Å². The standard InChI is InChI=1S/C13H26NO2/c1-3-5-6-7-8-9-10-11-12-14-13(15)16-4-2/h1,3-12H2,2H3,(H,14,15). The van der Waals surface area contributed by atoms with Crippen LogP contribution >= 0.6 is 0 Å². The quantitative estimate of drug-likeness (QED) is 0.579. The van der Waals surface area contributed by atoms with Gasteiger partial charge in [-0.2, -0.15) is 0 Å². The Morgan fingerprint density at radius 1 is 1.06 bits per heavy atom. The highest BCUT2D eigenvalue weighted by Crippen LogP contribution is 2.07. The summed E-state index contributed by atoms with van der Waals surface area (Å²) in [6, 6.07) is 0. The minimum Gasteiger partial charge on any atom is -0.450 e. The number of nitrogens with one attached hydrogen (secondary N) is 1. The molecule has 0 unspecified atom stereocenters. The molecule has 16 heavy (non-hydrogen) atoms. The van der Waals surface area contributed by atoms with Crippen LogP contribution < -0.4 is 5.32 Å². The molecule has 1 radical (unpaired) electrons. The molecular weight excluding hydrogens is 202 g/mol. The summed E-state index contributed by atoms with van der Waals surface area (Å²) < 4.78 is 4.76. The first-order valence-electron chi connectivity index (χ1n) is 6.51. The molecule has 0 rings (SSSR count). The SMILES string of the molecule is [CH2]CCCCCCCCCNC(=O)OCC. The van der Waals surface area contributed by atoms with Gasteiger partial charge in [-0.15, -0.1) is 0 Å². The first-order chi connectivity index (χ1) is 7.81. The molecule has 0 fully saturated rings. The largest absolute Gasteiger partial charge is 0.450 e. The van der Waals surface area contributed by atoms with Crippen LogP contribution in [0.25, 0.3) is 0 Å². The highest BCUT2D eigenvalue weighted by Gasteiger charge is 1.97. The Morgan fingerprint density at radius 2 is 1.62 bits per heavy atom. The number of carbonyl (C=O) groups excluding carboxylic acids is 1. The smallest absolute Gasteiger partial charge is 0.407 e. The van der Waals surface area contributed by atoms with Crippen molar-refractivity contribution in [2.45, 2.75) is 58.3 Å². The topological polar surface area (TPSA) is 38.3 Å². The first-order valence-corrected chi connectivity index (χ1v) is 6.51. The molecule has 0 aliphatic heterocycles. The van der Waals surface area contributed by atoms with E-state index in [-0.39, 0.29) is 6.09 Å². The van der Waals surface area contributed by atoms with Gasteiger partial charge in [0.05, 0.1) is 6.61 Å². The van der Waals surface area contributed by atoms with Gasteiger partial charge in [-0.25, -0.2) is 4.79 Å². The average molecular weight is 228 g/mol. The molecule has 0 saturated carbocycles. The van der Waals surface area contributed by atoms with Crippen molar-refractivity contribution >= 4 is 6.09 Å². The van der Waals surface area contributed by atoms with Crippen molar-refractivity contribution in [3.05, 3.63) is 6.92 Å². The van der Waals surface area contributed by atoms with Crippen LogP contribution in [0, 0.1) is 6.92 Å². The molecular formula is C13H26NO2. The Morgan fingerprint density at radius 3 is 2.19 bits per heavy atom. The molecule has 0 heterocycles. The van der Waals surface area contributed by atoms with Crippen LogP contribution in [-0.4, -0.2) is 19.2 Å². The Balaban J connectivity index is 3.01. The lowest BCUT2D eigenvalue weighted by atomic mass is 10.1. The second-order valence-electron chi connectivity index (χ2n) is 3.98. The predicted molar refractivity (Wildman–Crippen MR) is 67.3 cm³/mol. The van der Waals surface area contributed by atoms with Crippen LogP contribution in [0.15, 0.2) is 0 Å². The van der Waals surface area contributed by atoms with E-state index in [1.165, 1.54) is 38.5 Å². The van der Waals surface area contributed by atoms with E-state index in [2.05, 4.69) is 12.2 Å². The second-order valence-corrected chi connectivity index (χ2v) is 3.98. The third-order valence-electron chi connectivity index (χ3n) is 2.47. The van der Waals surface area contributed by atoms with Gasteiger partial charge < -0.3 is 10.1 Å². The van der Waals surface area contributed by atoms with Crippen LogP contribution in [0.4, 0.5) is 4.79 Å². The van der Waals surface area contributed by atoms with Gasteiger partial charge >= 0.3 is 6.09 Å². The number of ether oxygens (including phenoxy) is 1. The van der Waals surface area contributed by atoms with Gasteiger partial charge in [0.25, 0.3) is 0 Å². The van der Waals surface area contributed by atoms with Gasteiger partial charge in [0.15, 0.2) is 0 Å². The number of amides is 1. The van der Waals surface area contributed by atoms with Gasteiger partial charge in [-0.3, -0.25) is 0 Å². The molecule has 0 aliphatic carbocycles. The molecule has 3 nitrogen and oxygen atoms in total. The van der Waals surface area contributed by atoms with Crippen molar-refractivity contribution in [3.63, 3.8) is 0 Å². The number of unbranched alkanes of at least 4 members (excludes halogenated alkanes) is 7. The van der Waals surface area contributed by atoms with Gasteiger partial charge in [0.2, 0.25) is 0 Å². The van der Waals surface area contributed by atoms with Crippen molar-refractivity contribution in [1.82, 2.24) is 5.32 Å².